The Morgan fingerprint density at radius 1 is 1.16 bits per heavy atom. The van der Waals surface area contributed by atoms with Crippen molar-refractivity contribution in [2.24, 2.45) is 12.0 Å². The Bertz CT molecular complexity index is 722. The molecule has 132 valence electrons. The van der Waals surface area contributed by atoms with E-state index >= 15 is 0 Å². The van der Waals surface area contributed by atoms with Crippen molar-refractivity contribution in [2.45, 2.75) is 20.0 Å². The van der Waals surface area contributed by atoms with E-state index in [-0.39, 0.29) is 0 Å². The summed E-state index contributed by atoms with van der Waals surface area (Å²) in [7, 11) is 1.88. The standard InChI is InChI=1S/C18H25N7/c1-3-19-18(21-13-17-22-14-23-24(17)2)20-12-15-6-8-16(9-7-15)25-10-4-5-11-25/h4-9,14H,3,10-13H2,1-2H3,(H2,19,20,21). The predicted molar refractivity (Wildman–Crippen MR) is 100 cm³/mol. The van der Waals surface area contributed by atoms with Gasteiger partial charge in [0.05, 0.1) is 13.1 Å². The number of benzene rings is 1. The Morgan fingerprint density at radius 2 is 1.92 bits per heavy atom. The van der Waals surface area contributed by atoms with Crippen LogP contribution in [-0.4, -0.2) is 40.4 Å². The number of anilines is 1. The van der Waals surface area contributed by atoms with E-state index in [9.17, 15) is 0 Å². The quantitative estimate of drug-likeness (QED) is 0.473. The Labute approximate surface area is 148 Å². The van der Waals surface area contributed by atoms with E-state index in [1.54, 1.807) is 11.0 Å². The molecule has 0 unspecified atom stereocenters. The van der Waals surface area contributed by atoms with Crippen molar-refractivity contribution in [3.63, 3.8) is 0 Å². The third-order valence-electron chi connectivity index (χ3n) is 4.10. The van der Waals surface area contributed by atoms with Crippen LogP contribution in [0.1, 0.15) is 18.3 Å². The SMILES string of the molecule is CCNC(=NCc1ccc(N2CC=CC2)cc1)NCc1ncnn1C. The van der Waals surface area contributed by atoms with E-state index in [1.807, 2.05) is 7.05 Å². The third kappa shape index (κ3) is 4.59. The number of nitrogens with one attached hydrogen (secondary N) is 2. The Hall–Kier alpha value is -2.83. The minimum atomic E-state index is 0.587. The molecule has 7 nitrogen and oxygen atoms in total. The molecular formula is C18H25N7. The van der Waals surface area contributed by atoms with Crippen molar-refractivity contribution >= 4 is 11.6 Å². The lowest BCUT2D eigenvalue weighted by atomic mass is 10.2. The summed E-state index contributed by atoms with van der Waals surface area (Å²) in [6.07, 6.45) is 5.95. The van der Waals surface area contributed by atoms with Gasteiger partial charge in [0, 0.05) is 32.4 Å². The van der Waals surface area contributed by atoms with Gasteiger partial charge in [-0.05, 0) is 24.6 Å². The van der Waals surface area contributed by atoms with Gasteiger partial charge in [-0.2, -0.15) is 5.10 Å². The van der Waals surface area contributed by atoms with E-state index < -0.39 is 0 Å². The Kier molecular flexibility index (Phi) is 5.66. The highest BCUT2D eigenvalue weighted by Crippen LogP contribution is 2.17. The van der Waals surface area contributed by atoms with Crippen molar-refractivity contribution in [3.8, 4) is 0 Å². The lowest BCUT2D eigenvalue weighted by molar-refractivity contribution is 0.673. The molecule has 0 saturated carbocycles. The van der Waals surface area contributed by atoms with Crippen molar-refractivity contribution < 1.29 is 0 Å². The van der Waals surface area contributed by atoms with Crippen LogP contribution in [0.5, 0.6) is 0 Å². The van der Waals surface area contributed by atoms with E-state index in [0.717, 1.165) is 31.4 Å². The molecule has 2 N–H and O–H groups in total. The first-order chi connectivity index (χ1) is 12.3. The van der Waals surface area contributed by atoms with Gasteiger partial charge in [0.15, 0.2) is 5.96 Å². The second-order valence-electron chi connectivity index (χ2n) is 5.89. The summed E-state index contributed by atoms with van der Waals surface area (Å²) in [5, 5.41) is 10.6. The number of aryl methyl sites for hydroxylation is 1. The van der Waals surface area contributed by atoms with Gasteiger partial charge < -0.3 is 15.5 Å². The molecule has 0 amide bonds. The molecule has 7 heteroatoms. The normalized spacial score (nSPS) is 14.2. The molecule has 1 aliphatic rings. The highest BCUT2D eigenvalue weighted by molar-refractivity contribution is 5.79. The molecule has 0 radical (unpaired) electrons. The van der Waals surface area contributed by atoms with Gasteiger partial charge in [-0.25, -0.2) is 9.98 Å². The van der Waals surface area contributed by atoms with Gasteiger partial charge in [0.2, 0.25) is 0 Å². The average Bonchev–Trinajstić information content (AvgIpc) is 3.30. The molecule has 0 fully saturated rings. The molecule has 0 atom stereocenters. The van der Waals surface area contributed by atoms with E-state index in [4.69, 9.17) is 0 Å². The summed E-state index contributed by atoms with van der Waals surface area (Å²) in [5.74, 6) is 1.65. The molecule has 2 heterocycles. The number of rotatable bonds is 6. The topological polar surface area (TPSA) is 70.4 Å². The average molecular weight is 339 g/mol. The summed E-state index contributed by atoms with van der Waals surface area (Å²) >= 11 is 0. The van der Waals surface area contributed by atoms with Gasteiger partial charge >= 0.3 is 0 Å². The van der Waals surface area contributed by atoms with Crippen molar-refractivity contribution in [1.29, 1.82) is 0 Å². The number of guanidine groups is 1. The van der Waals surface area contributed by atoms with Gasteiger partial charge in [-0.15, -0.1) is 0 Å². The number of aromatic nitrogens is 3. The predicted octanol–water partition coefficient (Wildman–Crippen LogP) is 1.45. The van der Waals surface area contributed by atoms with Gasteiger partial charge in [0.25, 0.3) is 0 Å². The smallest absolute Gasteiger partial charge is 0.191 e. The van der Waals surface area contributed by atoms with Crippen LogP contribution in [0.15, 0.2) is 47.7 Å². The number of aliphatic imine (C=N–C) groups is 1. The maximum absolute atomic E-state index is 4.65. The number of hydrogen-bond acceptors (Lipinski definition) is 4. The molecule has 1 aromatic heterocycles. The first-order valence-corrected chi connectivity index (χ1v) is 8.60. The molecule has 0 spiro atoms. The molecule has 0 aliphatic carbocycles. The number of hydrogen-bond donors (Lipinski definition) is 2. The zero-order chi connectivity index (χ0) is 17.5. The Balaban J connectivity index is 1.57. The molecule has 25 heavy (non-hydrogen) atoms. The van der Waals surface area contributed by atoms with Crippen molar-refractivity contribution in [1.82, 2.24) is 25.4 Å². The van der Waals surface area contributed by atoms with Crippen molar-refractivity contribution in [3.05, 3.63) is 54.1 Å². The third-order valence-corrected chi connectivity index (χ3v) is 4.10. The maximum atomic E-state index is 4.65. The second kappa shape index (κ2) is 8.32. The van der Waals surface area contributed by atoms with E-state index in [2.05, 4.69) is 73.9 Å². The van der Waals surface area contributed by atoms with Gasteiger partial charge in [0.1, 0.15) is 12.2 Å². The van der Waals surface area contributed by atoms with Crippen LogP contribution in [0, 0.1) is 0 Å². The van der Waals surface area contributed by atoms with E-state index in [1.165, 1.54) is 11.3 Å². The first kappa shape index (κ1) is 17.0. The fourth-order valence-electron chi connectivity index (χ4n) is 2.66. The molecule has 1 aliphatic heterocycles. The summed E-state index contributed by atoms with van der Waals surface area (Å²) in [4.78, 5) is 11.2. The minimum absolute atomic E-state index is 0.587. The fraction of sp³-hybridized carbons (Fsp3) is 0.389. The molecule has 0 bridgehead atoms. The maximum Gasteiger partial charge on any atom is 0.191 e. The fourth-order valence-corrected chi connectivity index (χ4v) is 2.66. The first-order valence-electron chi connectivity index (χ1n) is 8.60. The molecular weight excluding hydrogens is 314 g/mol. The summed E-state index contributed by atoms with van der Waals surface area (Å²) in [5.41, 5.74) is 2.44. The Morgan fingerprint density at radius 3 is 2.56 bits per heavy atom. The van der Waals surface area contributed by atoms with Crippen LogP contribution in [0.25, 0.3) is 0 Å². The highest BCUT2D eigenvalue weighted by Gasteiger charge is 2.07. The molecule has 1 aromatic carbocycles. The summed E-state index contributed by atoms with van der Waals surface area (Å²) in [6.45, 7) is 6.07. The molecule has 3 rings (SSSR count). The molecule has 2 aromatic rings. The number of nitrogens with zero attached hydrogens (tertiary/aromatic N) is 5. The zero-order valence-corrected chi connectivity index (χ0v) is 14.8. The van der Waals surface area contributed by atoms with Crippen LogP contribution in [0.4, 0.5) is 5.69 Å². The van der Waals surface area contributed by atoms with Crippen LogP contribution in [0.3, 0.4) is 0 Å². The van der Waals surface area contributed by atoms with Crippen LogP contribution in [0.2, 0.25) is 0 Å². The largest absolute Gasteiger partial charge is 0.364 e. The monoisotopic (exact) mass is 339 g/mol. The summed E-state index contributed by atoms with van der Waals surface area (Å²) in [6, 6.07) is 8.61. The summed E-state index contributed by atoms with van der Waals surface area (Å²) < 4.78 is 1.75. The van der Waals surface area contributed by atoms with Crippen molar-refractivity contribution in [2.75, 3.05) is 24.5 Å². The van der Waals surface area contributed by atoms with Crippen LogP contribution < -0.4 is 15.5 Å². The lowest BCUT2D eigenvalue weighted by Crippen LogP contribution is -2.37. The molecule has 0 saturated heterocycles. The second-order valence-corrected chi connectivity index (χ2v) is 5.89. The van der Waals surface area contributed by atoms with Crippen LogP contribution >= 0.6 is 0 Å². The lowest BCUT2D eigenvalue weighted by Gasteiger charge is -2.17. The van der Waals surface area contributed by atoms with Crippen LogP contribution in [-0.2, 0) is 20.1 Å². The minimum Gasteiger partial charge on any atom is -0.364 e. The highest BCUT2D eigenvalue weighted by atomic mass is 15.3. The van der Waals surface area contributed by atoms with Gasteiger partial charge in [-0.1, -0.05) is 24.3 Å². The van der Waals surface area contributed by atoms with Gasteiger partial charge in [-0.3, -0.25) is 4.68 Å². The zero-order valence-electron chi connectivity index (χ0n) is 14.8. The van der Waals surface area contributed by atoms with E-state index in [0.29, 0.717) is 13.1 Å².